The predicted octanol–water partition coefficient (Wildman–Crippen LogP) is 1.42. The molecule has 3 N–H and O–H groups in total. The van der Waals surface area contributed by atoms with Gasteiger partial charge < -0.3 is 5.73 Å². The Bertz CT molecular complexity index is 619. The molecule has 104 valence electrons. The Morgan fingerprint density at radius 3 is 2.63 bits per heavy atom. The molecule has 0 aliphatic rings. The van der Waals surface area contributed by atoms with E-state index in [2.05, 4.69) is 4.72 Å². The third-order valence-electron chi connectivity index (χ3n) is 2.29. The summed E-state index contributed by atoms with van der Waals surface area (Å²) in [5.74, 6) is 0. The molecule has 1 aromatic rings. The monoisotopic (exact) mass is 285 g/mol. The van der Waals surface area contributed by atoms with Crippen LogP contribution in [0, 0.1) is 10.1 Å². The molecule has 0 aromatic heterocycles. The molecule has 0 bridgehead atoms. The Morgan fingerprint density at radius 1 is 1.47 bits per heavy atom. The molecule has 1 aromatic carbocycles. The molecule has 7 nitrogen and oxygen atoms in total. The number of nitro groups is 1. The van der Waals surface area contributed by atoms with Crippen molar-refractivity contribution >= 4 is 21.4 Å². The van der Waals surface area contributed by atoms with E-state index in [9.17, 15) is 18.5 Å². The van der Waals surface area contributed by atoms with Crippen LogP contribution in [0.25, 0.3) is 0 Å². The van der Waals surface area contributed by atoms with Gasteiger partial charge in [0.2, 0.25) is 10.0 Å². The molecule has 0 heterocycles. The van der Waals surface area contributed by atoms with Gasteiger partial charge in [0.25, 0.3) is 5.69 Å². The van der Waals surface area contributed by atoms with Crippen molar-refractivity contribution in [3.05, 3.63) is 40.0 Å². The SMILES string of the molecule is CC(C)=CCNS(=O)(=O)c1ccc(N)c([N+](=O)[O-])c1. The predicted molar refractivity (Wildman–Crippen MR) is 72.1 cm³/mol. The van der Waals surface area contributed by atoms with E-state index in [0.717, 1.165) is 11.6 Å². The van der Waals surface area contributed by atoms with Gasteiger partial charge in [0, 0.05) is 12.6 Å². The standard InChI is InChI=1S/C11H15N3O4S/c1-8(2)5-6-13-19(17,18)9-3-4-10(12)11(7-9)14(15)16/h3-5,7,13H,6,12H2,1-2H3. The zero-order chi connectivity index (χ0) is 14.6. The molecule has 1 rings (SSSR count). The molecule has 0 fully saturated rings. The van der Waals surface area contributed by atoms with E-state index in [0.29, 0.717) is 0 Å². The largest absolute Gasteiger partial charge is 0.393 e. The smallest absolute Gasteiger partial charge is 0.293 e. The Kier molecular flexibility index (Phi) is 4.62. The number of rotatable bonds is 5. The first-order valence-electron chi connectivity index (χ1n) is 5.41. The minimum atomic E-state index is -3.78. The lowest BCUT2D eigenvalue weighted by Crippen LogP contribution is -2.24. The lowest BCUT2D eigenvalue weighted by molar-refractivity contribution is -0.384. The zero-order valence-electron chi connectivity index (χ0n) is 10.6. The van der Waals surface area contributed by atoms with Crippen LogP contribution in [0.2, 0.25) is 0 Å². The third-order valence-corrected chi connectivity index (χ3v) is 3.71. The third kappa shape index (κ3) is 4.04. The molecule has 0 spiro atoms. The summed E-state index contributed by atoms with van der Waals surface area (Å²) in [5.41, 5.74) is 5.87. The van der Waals surface area contributed by atoms with Crippen molar-refractivity contribution in [2.75, 3.05) is 12.3 Å². The second kappa shape index (κ2) is 5.81. The summed E-state index contributed by atoms with van der Waals surface area (Å²) >= 11 is 0. The quantitative estimate of drug-likeness (QED) is 0.367. The van der Waals surface area contributed by atoms with Crippen LogP contribution in [0.1, 0.15) is 13.8 Å². The Morgan fingerprint density at radius 2 is 2.11 bits per heavy atom. The highest BCUT2D eigenvalue weighted by atomic mass is 32.2. The molecular formula is C11H15N3O4S. The molecule has 0 aliphatic heterocycles. The van der Waals surface area contributed by atoms with E-state index in [1.165, 1.54) is 12.1 Å². The first kappa shape index (κ1) is 15.1. The molecule has 0 unspecified atom stereocenters. The van der Waals surface area contributed by atoms with Crippen LogP contribution < -0.4 is 10.5 Å². The Hall–Kier alpha value is -1.93. The van der Waals surface area contributed by atoms with Crippen LogP contribution in [0.4, 0.5) is 11.4 Å². The van der Waals surface area contributed by atoms with Crippen LogP contribution in [0.15, 0.2) is 34.7 Å². The van der Waals surface area contributed by atoms with Crippen LogP contribution >= 0.6 is 0 Å². The van der Waals surface area contributed by atoms with Crippen LogP contribution in [0.3, 0.4) is 0 Å². The number of nitrogens with zero attached hydrogens (tertiary/aromatic N) is 1. The van der Waals surface area contributed by atoms with Gasteiger partial charge in [0.1, 0.15) is 5.69 Å². The lowest BCUT2D eigenvalue weighted by Gasteiger charge is -2.05. The second-order valence-electron chi connectivity index (χ2n) is 4.11. The highest BCUT2D eigenvalue weighted by Gasteiger charge is 2.19. The van der Waals surface area contributed by atoms with Gasteiger partial charge in [-0.3, -0.25) is 10.1 Å². The van der Waals surface area contributed by atoms with Gasteiger partial charge in [-0.25, -0.2) is 13.1 Å². The summed E-state index contributed by atoms with van der Waals surface area (Å²) in [4.78, 5) is 9.80. The molecule has 8 heteroatoms. The highest BCUT2D eigenvalue weighted by molar-refractivity contribution is 7.89. The fourth-order valence-electron chi connectivity index (χ4n) is 1.29. The van der Waals surface area contributed by atoms with Crippen LogP contribution in [-0.2, 0) is 10.0 Å². The summed E-state index contributed by atoms with van der Waals surface area (Å²) in [6.07, 6.45) is 1.70. The summed E-state index contributed by atoms with van der Waals surface area (Å²) in [7, 11) is -3.78. The lowest BCUT2D eigenvalue weighted by atomic mass is 10.3. The maximum Gasteiger partial charge on any atom is 0.293 e. The number of anilines is 1. The van der Waals surface area contributed by atoms with E-state index in [4.69, 9.17) is 5.73 Å². The number of benzene rings is 1. The van der Waals surface area contributed by atoms with E-state index >= 15 is 0 Å². The number of nitro benzene ring substituents is 1. The maximum absolute atomic E-state index is 11.9. The van der Waals surface area contributed by atoms with Crippen LogP contribution in [0.5, 0.6) is 0 Å². The van der Waals surface area contributed by atoms with Crippen molar-refractivity contribution in [3.8, 4) is 0 Å². The van der Waals surface area contributed by atoms with Gasteiger partial charge in [0.05, 0.1) is 9.82 Å². The van der Waals surface area contributed by atoms with Crippen molar-refractivity contribution in [2.45, 2.75) is 18.7 Å². The molecule has 19 heavy (non-hydrogen) atoms. The molecule has 0 atom stereocenters. The minimum Gasteiger partial charge on any atom is -0.393 e. The van der Waals surface area contributed by atoms with E-state index < -0.39 is 20.6 Å². The summed E-state index contributed by atoms with van der Waals surface area (Å²) < 4.78 is 26.1. The molecule has 0 aliphatic carbocycles. The maximum atomic E-state index is 11.9. The fourth-order valence-corrected chi connectivity index (χ4v) is 2.27. The molecular weight excluding hydrogens is 270 g/mol. The topological polar surface area (TPSA) is 115 Å². The average Bonchev–Trinajstić information content (AvgIpc) is 2.27. The van der Waals surface area contributed by atoms with Gasteiger partial charge in [-0.1, -0.05) is 11.6 Å². The van der Waals surface area contributed by atoms with Crippen molar-refractivity contribution in [2.24, 2.45) is 0 Å². The average molecular weight is 285 g/mol. The van der Waals surface area contributed by atoms with Gasteiger partial charge in [-0.15, -0.1) is 0 Å². The van der Waals surface area contributed by atoms with Crippen molar-refractivity contribution in [3.63, 3.8) is 0 Å². The number of nitrogens with two attached hydrogens (primary N) is 1. The van der Waals surface area contributed by atoms with Crippen molar-refractivity contribution < 1.29 is 13.3 Å². The van der Waals surface area contributed by atoms with Gasteiger partial charge in [-0.2, -0.15) is 0 Å². The minimum absolute atomic E-state index is 0.0757. The first-order chi connectivity index (χ1) is 8.74. The van der Waals surface area contributed by atoms with E-state index in [1.807, 2.05) is 13.8 Å². The summed E-state index contributed by atoms with van der Waals surface area (Å²) in [6.45, 7) is 3.80. The number of hydrogen-bond donors (Lipinski definition) is 2. The number of hydrogen-bond acceptors (Lipinski definition) is 5. The molecule has 0 saturated heterocycles. The summed E-state index contributed by atoms with van der Waals surface area (Å²) in [6, 6.07) is 3.38. The molecule has 0 saturated carbocycles. The number of allylic oxidation sites excluding steroid dienone is 1. The van der Waals surface area contributed by atoms with Gasteiger partial charge in [0.15, 0.2) is 0 Å². The Labute approximate surface area is 111 Å². The van der Waals surface area contributed by atoms with Crippen molar-refractivity contribution in [1.82, 2.24) is 4.72 Å². The Balaban J connectivity index is 3.05. The molecule has 0 radical (unpaired) electrons. The first-order valence-corrected chi connectivity index (χ1v) is 6.89. The van der Waals surface area contributed by atoms with E-state index in [-0.39, 0.29) is 17.1 Å². The normalized spacial score (nSPS) is 11.1. The highest BCUT2D eigenvalue weighted by Crippen LogP contribution is 2.24. The second-order valence-corrected chi connectivity index (χ2v) is 5.88. The zero-order valence-corrected chi connectivity index (χ0v) is 11.4. The van der Waals surface area contributed by atoms with Gasteiger partial charge >= 0.3 is 0 Å². The van der Waals surface area contributed by atoms with Crippen molar-refractivity contribution in [1.29, 1.82) is 0 Å². The fraction of sp³-hybridized carbons (Fsp3) is 0.273. The number of sulfonamides is 1. The molecule has 0 amide bonds. The summed E-state index contributed by atoms with van der Waals surface area (Å²) in [5, 5.41) is 10.7. The number of nitrogens with one attached hydrogen (secondary N) is 1. The number of nitrogen functional groups attached to an aromatic ring is 1. The van der Waals surface area contributed by atoms with Gasteiger partial charge in [-0.05, 0) is 26.0 Å². The van der Waals surface area contributed by atoms with Crippen LogP contribution in [-0.4, -0.2) is 19.9 Å². The van der Waals surface area contributed by atoms with E-state index in [1.54, 1.807) is 6.08 Å².